The highest BCUT2D eigenvalue weighted by Crippen LogP contribution is 2.25. The molecule has 3 rings (SSSR count). The van der Waals surface area contributed by atoms with Crippen LogP contribution in [0.5, 0.6) is 0 Å². The maximum absolute atomic E-state index is 12.9. The molecule has 0 saturated carbocycles. The summed E-state index contributed by atoms with van der Waals surface area (Å²) in [7, 11) is -3.81. The van der Waals surface area contributed by atoms with Gasteiger partial charge in [-0.2, -0.15) is 4.31 Å². The largest absolute Gasteiger partial charge is 0.296 e. The van der Waals surface area contributed by atoms with Crippen molar-refractivity contribution >= 4 is 32.4 Å². The molecule has 0 atom stereocenters. The first kappa shape index (κ1) is 20.1. The van der Waals surface area contributed by atoms with Crippen LogP contribution in [0.2, 0.25) is 0 Å². The average Bonchev–Trinajstić information content (AvgIpc) is 3.16. The van der Waals surface area contributed by atoms with Crippen molar-refractivity contribution in [1.82, 2.24) is 14.5 Å². The zero-order chi connectivity index (χ0) is 20.1. The van der Waals surface area contributed by atoms with Gasteiger partial charge in [0.1, 0.15) is 0 Å². The summed E-state index contributed by atoms with van der Waals surface area (Å²) in [5, 5.41) is 10.4. The van der Waals surface area contributed by atoms with Crippen LogP contribution >= 0.6 is 11.3 Å². The zero-order valence-electron chi connectivity index (χ0n) is 15.5. The van der Waals surface area contributed by atoms with E-state index in [0.29, 0.717) is 12.1 Å². The SMILES string of the molecule is CCN(Cc1ccccc1)S(=O)(=O)c1nnc(NC(=O)c2cccc(C)c2)s1. The number of nitrogens with one attached hydrogen (secondary N) is 1. The molecule has 1 aromatic heterocycles. The Bertz CT molecular complexity index is 1070. The standard InChI is InChI=1S/C19H20N4O3S2/c1-3-23(13-15-9-5-4-6-10-15)28(25,26)19-22-21-18(27-19)20-17(24)16-11-7-8-14(2)12-16/h4-12H,3,13H2,1-2H3,(H,20,21,24). The van der Waals surface area contributed by atoms with Crippen molar-refractivity contribution < 1.29 is 13.2 Å². The molecule has 0 aliphatic rings. The summed E-state index contributed by atoms with van der Waals surface area (Å²) in [5.74, 6) is -0.361. The molecule has 0 radical (unpaired) electrons. The van der Waals surface area contributed by atoms with Gasteiger partial charge in [-0.05, 0) is 24.6 Å². The summed E-state index contributed by atoms with van der Waals surface area (Å²) in [6.45, 7) is 4.19. The van der Waals surface area contributed by atoms with E-state index in [0.717, 1.165) is 22.5 Å². The monoisotopic (exact) mass is 416 g/mol. The maximum Gasteiger partial charge on any atom is 0.272 e. The molecule has 0 spiro atoms. The fourth-order valence-corrected chi connectivity index (χ4v) is 5.05. The highest BCUT2D eigenvalue weighted by molar-refractivity contribution is 7.91. The number of hydrogen-bond acceptors (Lipinski definition) is 6. The van der Waals surface area contributed by atoms with Crippen molar-refractivity contribution in [2.45, 2.75) is 24.7 Å². The lowest BCUT2D eigenvalue weighted by molar-refractivity contribution is 0.102. The van der Waals surface area contributed by atoms with Crippen LogP contribution in [0.3, 0.4) is 0 Å². The van der Waals surface area contributed by atoms with Crippen LogP contribution < -0.4 is 5.32 Å². The van der Waals surface area contributed by atoms with E-state index in [2.05, 4.69) is 15.5 Å². The number of rotatable bonds is 7. The third-order valence-corrected chi connectivity index (χ3v) is 7.13. The molecule has 2 aromatic carbocycles. The van der Waals surface area contributed by atoms with Crippen molar-refractivity contribution in [3.05, 3.63) is 71.3 Å². The number of aromatic nitrogens is 2. The number of anilines is 1. The second kappa shape index (κ2) is 8.59. The second-order valence-electron chi connectivity index (χ2n) is 6.11. The van der Waals surface area contributed by atoms with E-state index >= 15 is 0 Å². The second-order valence-corrected chi connectivity index (χ2v) is 9.20. The van der Waals surface area contributed by atoms with Gasteiger partial charge in [0.05, 0.1) is 0 Å². The van der Waals surface area contributed by atoms with E-state index < -0.39 is 10.0 Å². The molecule has 7 nitrogen and oxygen atoms in total. The van der Waals surface area contributed by atoms with E-state index in [-0.39, 0.29) is 21.9 Å². The van der Waals surface area contributed by atoms with E-state index in [1.54, 1.807) is 25.1 Å². The van der Waals surface area contributed by atoms with Gasteiger partial charge in [0.25, 0.3) is 15.9 Å². The molecule has 0 bridgehead atoms. The van der Waals surface area contributed by atoms with Crippen LogP contribution in [0.4, 0.5) is 5.13 Å². The van der Waals surface area contributed by atoms with Gasteiger partial charge in [-0.3, -0.25) is 10.1 Å². The van der Waals surface area contributed by atoms with Crippen LogP contribution in [-0.2, 0) is 16.6 Å². The predicted molar refractivity (Wildman–Crippen MR) is 109 cm³/mol. The lowest BCUT2D eigenvalue weighted by atomic mass is 10.1. The Morgan fingerprint density at radius 3 is 2.54 bits per heavy atom. The Morgan fingerprint density at radius 2 is 1.86 bits per heavy atom. The van der Waals surface area contributed by atoms with Gasteiger partial charge < -0.3 is 0 Å². The summed E-state index contributed by atoms with van der Waals surface area (Å²) < 4.78 is 27.0. The van der Waals surface area contributed by atoms with E-state index in [1.807, 2.05) is 43.3 Å². The number of amides is 1. The molecule has 0 fully saturated rings. The first-order valence-corrected chi connectivity index (χ1v) is 10.9. The van der Waals surface area contributed by atoms with Gasteiger partial charge >= 0.3 is 0 Å². The lowest BCUT2D eigenvalue weighted by Crippen LogP contribution is -2.30. The Morgan fingerprint density at radius 1 is 1.11 bits per heavy atom. The number of carbonyl (C=O) groups is 1. The predicted octanol–water partition coefficient (Wildman–Crippen LogP) is 3.31. The van der Waals surface area contributed by atoms with Crippen molar-refractivity contribution in [3.63, 3.8) is 0 Å². The van der Waals surface area contributed by atoms with Gasteiger partial charge in [0.2, 0.25) is 9.47 Å². The summed E-state index contributed by atoms with van der Waals surface area (Å²) in [6, 6.07) is 16.4. The topological polar surface area (TPSA) is 92.3 Å². The number of aryl methyl sites for hydroxylation is 1. The number of nitrogens with zero attached hydrogens (tertiary/aromatic N) is 3. The molecular formula is C19H20N4O3S2. The fourth-order valence-electron chi connectivity index (χ4n) is 2.58. The van der Waals surface area contributed by atoms with E-state index in [9.17, 15) is 13.2 Å². The Kier molecular flexibility index (Phi) is 6.18. The summed E-state index contributed by atoms with van der Waals surface area (Å²) in [6.07, 6.45) is 0. The van der Waals surface area contributed by atoms with Crippen molar-refractivity contribution in [3.8, 4) is 0 Å². The number of carbonyl (C=O) groups excluding carboxylic acids is 1. The van der Waals surface area contributed by atoms with Crippen LogP contribution in [0, 0.1) is 6.92 Å². The van der Waals surface area contributed by atoms with Crippen LogP contribution in [0.1, 0.15) is 28.4 Å². The van der Waals surface area contributed by atoms with Crippen LogP contribution in [-0.4, -0.2) is 35.4 Å². The quantitative estimate of drug-likeness (QED) is 0.597. The number of sulfonamides is 1. The molecule has 146 valence electrons. The van der Waals surface area contributed by atoms with E-state index in [1.165, 1.54) is 4.31 Å². The molecule has 28 heavy (non-hydrogen) atoms. The molecule has 1 amide bonds. The third kappa shape index (κ3) is 4.61. The first-order valence-electron chi connectivity index (χ1n) is 8.65. The average molecular weight is 417 g/mol. The van der Waals surface area contributed by atoms with Crippen molar-refractivity contribution in [2.24, 2.45) is 0 Å². The highest BCUT2D eigenvalue weighted by Gasteiger charge is 2.28. The van der Waals surface area contributed by atoms with Gasteiger partial charge in [-0.15, -0.1) is 10.2 Å². The Labute approximate surface area is 168 Å². The third-order valence-electron chi connectivity index (χ3n) is 4.02. The van der Waals surface area contributed by atoms with E-state index in [4.69, 9.17) is 0 Å². The zero-order valence-corrected chi connectivity index (χ0v) is 17.1. The maximum atomic E-state index is 12.9. The lowest BCUT2D eigenvalue weighted by Gasteiger charge is -2.18. The molecule has 1 heterocycles. The molecular weight excluding hydrogens is 396 g/mol. The highest BCUT2D eigenvalue weighted by atomic mass is 32.2. The molecule has 0 unspecified atom stereocenters. The molecule has 1 N–H and O–H groups in total. The summed E-state index contributed by atoms with van der Waals surface area (Å²) >= 11 is 0.837. The molecule has 0 aliphatic heterocycles. The summed E-state index contributed by atoms with van der Waals surface area (Å²) in [4.78, 5) is 12.3. The minimum Gasteiger partial charge on any atom is -0.296 e. The van der Waals surface area contributed by atoms with Crippen LogP contribution in [0.25, 0.3) is 0 Å². The minimum absolute atomic E-state index is 0.140. The Hall–Kier alpha value is -2.62. The molecule has 9 heteroatoms. The van der Waals surface area contributed by atoms with Crippen molar-refractivity contribution in [2.75, 3.05) is 11.9 Å². The first-order chi connectivity index (χ1) is 13.4. The molecule has 3 aromatic rings. The normalized spacial score (nSPS) is 11.5. The summed E-state index contributed by atoms with van der Waals surface area (Å²) in [5.41, 5.74) is 2.30. The van der Waals surface area contributed by atoms with Gasteiger partial charge in [-0.25, -0.2) is 8.42 Å². The fraction of sp³-hybridized carbons (Fsp3) is 0.211. The van der Waals surface area contributed by atoms with Gasteiger partial charge in [0, 0.05) is 18.7 Å². The minimum atomic E-state index is -3.81. The Balaban J connectivity index is 1.76. The number of hydrogen-bond donors (Lipinski definition) is 1. The van der Waals surface area contributed by atoms with Gasteiger partial charge in [0.15, 0.2) is 0 Å². The van der Waals surface area contributed by atoms with Gasteiger partial charge in [-0.1, -0.05) is 66.3 Å². The van der Waals surface area contributed by atoms with Crippen molar-refractivity contribution in [1.29, 1.82) is 0 Å². The molecule has 0 saturated heterocycles. The number of benzene rings is 2. The van der Waals surface area contributed by atoms with Crippen LogP contribution in [0.15, 0.2) is 58.9 Å². The smallest absolute Gasteiger partial charge is 0.272 e. The molecule has 0 aliphatic carbocycles.